The molecule has 1 aliphatic rings. The van der Waals surface area contributed by atoms with Crippen molar-refractivity contribution in [3.8, 4) is 0 Å². The molecule has 1 amide bonds. The Morgan fingerprint density at radius 3 is 2.05 bits per heavy atom. The summed E-state index contributed by atoms with van der Waals surface area (Å²) in [6.07, 6.45) is -1.37. The molecule has 1 fully saturated rings. The van der Waals surface area contributed by atoms with E-state index in [-0.39, 0.29) is 30.1 Å². The van der Waals surface area contributed by atoms with Crippen molar-refractivity contribution in [2.75, 3.05) is 11.9 Å². The second kappa shape index (κ2) is 7.84. The van der Waals surface area contributed by atoms with E-state index in [1.807, 2.05) is 0 Å². The van der Waals surface area contributed by atoms with Gasteiger partial charge in [0.15, 0.2) is 0 Å². The second-order valence-electron chi connectivity index (χ2n) is 6.15. The molecule has 1 rings (SSSR count). The lowest BCUT2D eigenvalue weighted by molar-refractivity contribution is -0.184. The van der Waals surface area contributed by atoms with Crippen LogP contribution < -0.4 is 5.32 Å². The van der Waals surface area contributed by atoms with Crippen LogP contribution in [0.3, 0.4) is 0 Å². The number of carbonyl (C=O) groups is 1. The van der Waals surface area contributed by atoms with E-state index in [4.69, 9.17) is 0 Å². The predicted octanol–water partition coefficient (Wildman–Crippen LogP) is 4.67. The van der Waals surface area contributed by atoms with Crippen LogP contribution in [-0.2, 0) is 4.79 Å². The second-order valence-corrected chi connectivity index (χ2v) is 6.71. The quantitative estimate of drug-likeness (QED) is 0.675. The van der Waals surface area contributed by atoms with Gasteiger partial charge in [0.1, 0.15) is 0 Å². The predicted molar refractivity (Wildman–Crippen MR) is 81.3 cm³/mol. The summed E-state index contributed by atoms with van der Waals surface area (Å²) in [7, 11) is 0. The fourth-order valence-electron chi connectivity index (χ4n) is 2.84. The van der Waals surface area contributed by atoms with E-state index in [0.717, 1.165) is 18.2 Å². The third-order valence-corrected chi connectivity index (χ3v) is 6.17. The van der Waals surface area contributed by atoms with E-state index in [1.54, 1.807) is 0 Å². The molecule has 0 radical (unpaired) electrons. The van der Waals surface area contributed by atoms with Crippen molar-refractivity contribution in [1.29, 1.82) is 0 Å². The zero-order valence-corrected chi connectivity index (χ0v) is 14.3. The Bertz CT molecular complexity index is 326. The molecule has 1 saturated carbocycles. The van der Waals surface area contributed by atoms with Gasteiger partial charge in [-0.2, -0.15) is 13.2 Å². The van der Waals surface area contributed by atoms with Gasteiger partial charge in [0.05, 0.1) is 5.92 Å². The van der Waals surface area contributed by atoms with Gasteiger partial charge < -0.3 is 5.32 Å². The Labute approximate surface area is 133 Å². The lowest BCUT2D eigenvalue weighted by Crippen LogP contribution is -2.42. The van der Waals surface area contributed by atoms with Gasteiger partial charge in [-0.3, -0.25) is 4.79 Å². The van der Waals surface area contributed by atoms with Gasteiger partial charge in [-0.05, 0) is 43.9 Å². The Morgan fingerprint density at radius 1 is 1.14 bits per heavy atom. The van der Waals surface area contributed by atoms with Crippen molar-refractivity contribution in [2.45, 2.75) is 58.5 Å². The maximum absolute atomic E-state index is 12.6. The molecule has 0 atom stereocenters. The number of hydrogen-bond acceptors (Lipinski definition) is 1. The maximum Gasteiger partial charge on any atom is 0.391 e. The van der Waals surface area contributed by atoms with E-state index in [0.29, 0.717) is 19.4 Å². The average Bonchev–Trinajstić information content (AvgIpc) is 2.48. The van der Waals surface area contributed by atoms with E-state index in [9.17, 15) is 18.0 Å². The monoisotopic (exact) mass is 371 g/mol. The first-order valence-corrected chi connectivity index (χ1v) is 8.80. The molecule has 0 aromatic rings. The lowest BCUT2D eigenvalue weighted by atomic mass is 9.80. The Kier molecular flexibility index (Phi) is 7.01. The fraction of sp³-hybridized carbons (Fsp3) is 0.933. The standard InChI is InChI=1S/C15H25BrF3NO/c1-3-14(4-2,9-16)10-20-13(21)11-5-7-12(8-6-11)15(17,18)19/h11-12H,3-10H2,1-2H3,(H,20,21). The summed E-state index contributed by atoms with van der Waals surface area (Å²) in [6, 6.07) is 0. The summed E-state index contributed by atoms with van der Waals surface area (Å²) in [5.74, 6) is -1.57. The third-order valence-electron chi connectivity index (χ3n) is 4.98. The van der Waals surface area contributed by atoms with Crippen LogP contribution in [0.15, 0.2) is 0 Å². The van der Waals surface area contributed by atoms with Crippen LogP contribution in [0.5, 0.6) is 0 Å². The zero-order chi connectivity index (χ0) is 16.1. The lowest BCUT2D eigenvalue weighted by Gasteiger charge is -2.32. The van der Waals surface area contributed by atoms with E-state index in [1.165, 1.54) is 0 Å². The summed E-state index contributed by atoms with van der Waals surface area (Å²) in [6.45, 7) is 4.76. The van der Waals surface area contributed by atoms with Crippen LogP contribution in [0, 0.1) is 17.3 Å². The van der Waals surface area contributed by atoms with Crippen LogP contribution in [-0.4, -0.2) is 24.0 Å². The molecule has 1 aliphatic carbocycles. The van der Waals surface area contributed by atoms with Crippen molar-refractivity contribution in [3.05, 3.63) is 0 Å². The van der Waals surface area contributed by atoms with Crippen molar-refractivity contribution in [1.82, 2.24) is 5.32 Å². The highest BCUT2D eigenvalue weighted by Crippen LogP contribution is 2.39. The van der Waals surface area contributed by atoms with Gasteiger partial charge in [0.2, 0.25) is 5.91 Å². The fourth-order valence-corrected chi connectivity index (χ4v) is 3.83. The van der Waals surface area contributed by atoms with Crippen LogP contribution in [0.1, 0.15) is 52.4 Å². The molecule has 0 aliphatic heterocycles. The highest BCUT2D eigenvalue weighted by Gasteiger charge is 2.42. The number of rotatable bonds is 6. The van der Waals surface area contributed by atoms with Crippen LogP contribution in [0.2, 0.25) is 0 Å². The van der Waals surface area contributed by atoms with Crippen molar-refractivity contribution >= 4 is 21.8 Å². The molecule has 2 nitrogen and oxygen atoms in total. The number of carbonyl (C=O) groups excluding carboxylic acids is 1. The number of halogens is 4. The highest BCUT2D eigenvalue weighted by molar-refractivity contribution is 9.09. The van der Waals surface area contributed by atoms with Crippen LogP contribution >= 0.6 is 15.9 Å². The SMILES string of the molecule is CCC(CC)(CBr)CNC(=O)C1CCC(C(F)(F)F)CC1. The molecular formula is C15H25BrF3NO. The first-order chi connectivity index (χ1) is 9.78. The molecule has 0 bridgehead atoms. The summed E-state index contributed by atoms with van der Waals surface area (Å²) in [5, 5.41) is 3.76. The van der Waals surface area contributed by atoms with Crippen molar-refractivity contribution < 1.29 is 18.0 Å². The molecule has 124 valence electrons. The van der Waals surface area contributed by atoms with Crippen molar-refractivity contribution in [3.63, 3.8) is 0 Å². The Morgan fingerprint density at radius 2 is 1.67 bits per heavy atom. The number of alkyl halides is 4. The highest BCUT2D eigenvalue weighted by atomic mass is 79.9. The van der Waals surface area contributed by atoms with Crippen LogP contribution in [0.25, 0.3) is 0 Å². The Hall–Kier alpha value is -0.260. The van der Waals surface area contributed by atoms with Crippen LogP contribution in [0.4, 0.5) is 13.2 Å². The molecule has 0 unspecified atom stereocenters. The molecular weight excluding hydrogens is 347 g/mol. The molecule has 6 heteroatoms. The van der Waals surface area contributed by atoms with Gasteiger partial charge in [0.25, 0.3) is 0 Å². The third kappa shape index (κ3) is 5.15. The maximum atomic E-state index is 12.6. The molecule has 0 heterocycles. The topological polar surface area (TPSA) is 29.1 Å². The van der Waals surface area contributed by atoms with Gasteiger partial charge in [-0.25, -0.2) is 0 Å². The summed E-state index contributed by atoms with van der Waals surface area (Å²) in [4.78, 5) is 12.1. The number of hydrogen-bond donors (Lipinski definition) is 1. The summed E-state index contributed by atoms with van der Waals surface area (Å²) in [5.41, 5.74) is 0.0405. The van der Waals surface area contributed by atoms with Gasteiger partial charge >= 0.3 is 6.18 Å². The zero-order valence-electron chi connectivity index (χ0n) is 12.7. The molecule has 0 spiro atoms. The number of nitrogens with one attached hydrogen (secondary N) is 1. The minimum absolute atomic E-state index is 0.0405. The van der Waals surface area contributed by atoms with Gasteiger partial charge in [0, 0.05) is 17.8 Å². The first-order valence-electron chi connectivity index (χ1n) is 7.68. The minimum atomic E-state index is -4.11. The van der Waals surface area contributed by atoms with Gasteiger partial charge in [-0.15, -0.1) is 0 Å². The van der Waals surface area contributed by atoms with Crippen molar-refractivity contribution in [2.24, 2.45) is 17.3 Å². The normalized spacial score (nSPS) is 23.9. The molecule has 21 heavy (non-hydrogen) atoms. The number of amides is 1. The van der Waals surface area contributed by atoms with E-state index < -0.39 is 12.1 Å². The molecule has 0 aromatic heterocycles. The largest absolute Gasteiger partial charge is 0.391 e. The molecule has 1 N–H and O–H groups in total. The van der Waals surface area contributed by atoms with E-state index >= 15 is 0 Å². The smallest absolute Gasteiger partial charge is 0.355 e. The minimum Gasteiger partial charge on any atom is -0.355 e. The molecule has 0 aromatic carbocycles. The summed E-state index contributed by atoms with van der Waals surface area (Å²) < 4.78 is 37.8. The Balaban J connectivity index is 2.44. The summed E-state index contributed by atoms with van der Waals surface area (Å²) >= 11 is 3.49. The first kappa shape index (κ1) is 18.8. The average molecular weight is 372 g/mol. The molecule has 0 saturated heterocycles. The van der Waals surface area contributed by atoms with Gasteiger partial charge in [-0.1, -0.05) is 29.8 Å². The van der Waals surface area contributed by atoms with E-state index in [2.05, 4.69) is 35.1 Å².